The van der Waals surface area contributed by atoms with Crippen LogP contribution in [0.4, 0.5) is 0 Å². The van der Waals surface area contributed by atoms with E-state index in [0.29, 0.717) is 19.1 Å². The van der Waals surface area contributed by atoms with E-state index in [2.05, 4.69) is 15.7 Å². The summed E-state index contributed by atoms with van der Waals surface area (Å²) >= 11 is 0. The maximum atomic E-state index is 11.2. The van der Waals surface area contributed by atoms with Gasteiger partial charge in [0, 0.05) is 19.4 Å². The first-order valence-corrected chi connectivity index (χ1v) is 6.82. The highest BCUT2D eigenvalue weighted by Crippen LogP contribution is 1.86. The van der Waals surface area contributed by atoms with E-state index >= 15 is 0 Å². The molecule has 8 heteroatoms. The van der Waals surface area contributed by atoms with Crippen molar-refractivity contribution in [1.82, 2.24) is 10.7 Å². The van der Waals surface area contributed by atoms with Gasteiger partial charge in [-0.05, 0) is 0 Å². The van der Waals surface area contributed by atoms with Crippen LogP contribution in [-0.4, -0.2) is 52.7 Å². The van der Waals surface area contributed by atoms with Crippen LogP contribution in [-0.2, 0) is 14.6 Å². The third kappa shape index (κ3) is 7.43. The van der Waals surface area contributed by atoms with Crippen LogP contribution in [0, 0.1) is 0 Å². The summed E-state index contributed by atoms with van der Waals surface area (Å²) in [6.45, 7) is 2.85. The van der Waals surface area contributed by atoms with Crippen molar-refractivity contribution < 1.29 is 13.2 Å². The first kappa shape index (κ1) is 15.1. The van der Waals surface area contributed by atoms with Gasteiger partial charge in [-0.25, -0.2) is 19.3 Å². The third-order valence-electron chi connectivity index (χ3n) is 1.85. The van der Waals surface area contributed by atoms with Gasteiger partial charge in [-0.3, -0.25) is 5.43 Å². The quantitative estimate of drug-likeness (QED) is 0.167. The van der Waals surface area contributed by atoms with Gasteiger partial charge >= 0.3 is 0 Å². The smallest absolute Gasteiger partial charge is 0.205 e. The molecule has 96 valence electrons. The monoisotopic (exact) mass is 252 g/mol. The molecule has 0 spiro atoms. The fourth-order valence-electron chi connectivity index (χ4n) is 0.871. The van der Waals surface area contributed by atoms with E-state index in [4.69, 9.17) is 10.6 Å². The molecule has 16 heavy (non-hydrogen) atoms. The zero-order valence-corrected chi connectivity index (χ0v) is 10.5. The molecular weight excluding hydrogens is 232 g/mol. The largest absolute Gasteiger partial charge is 0.383 e. The molecule has 0 unspecified atom stereocenters. The van der Waals surface area contributed by atoms with Crippen LogP contribution in [0.2, 0.25) is 0 Å². The highest BCUT2D eigenvalue weighted by atomic mass is 32.2. The van der Waals surface area contributed by atoms with Gasteiger partial charge in [0.15, 0.2) is 9.84 Å². The highest BCUT2D eigenvalue weighted by molar-refractivity contribution is 7.91. The number of guanidine groups is 1. The second-order valence-corrected chi connectivity index (χ2v) is 5.50. The minimum Gasteiger partial charge on any atom is -0.383 e. The number of hydrogen-bond acceptors (Lipinski definition) is 5. The van der Waals surface area contributed by atoms with Gasteiger partial charge < -0.3 is 10.1 Å². The molecule has 0 aromatic rings. The minimum atomic E-state index is -2.96. The van der Waals surface area contributed by atoms with Gasteiger partial charge in [0.1, 0.15) is 0 Å². The van der Waals surface area contributed by atoms with Gasteiger partial charge in [-0.1, -0.05) is 6.92 Å². The zero-order chi connectivity index (χ0) is 12.4. The molecule has 4 N–H and O–H groups in total. The van der Waals surface area contributed by atoms with Gasteiger partial charge in [-0.2, -0.15) is 0 Å². The van der Waals surface area contributed by atoms with Crippen LogP contribution < -0.4 is 16.6 Å². The lowest BCUT2D eigenvalue weighted by molar-refractivity contribution is 0.208. The maximum absolute atomic E-state index is 11.2. The minimum absolute atomic E-state index is 0.0640. The Kier molecular flexibility index (Phi) is 7.86. The molecule has 0 saturated heterocycles. The van der Waals surface area contributed by atoms with Gasteiger partial charge in [-0.15, -0.1) is 0 Å². The molecule has 0 bridgehead atoms. The van der Waals surface area contributed by atoms with Crippen LogP contribution in [0.25, 0.3) is 0 Å². The molecule has 0 aliphatic carbocycles. The van der Waals surface area contributed by atoms with Crippen molar-refractivity contribution in [1.29, 1.82) is 0 Å². The highest BCUT2D eigenvalue weighted by Gasteiger charge is 2.06. The number of sulfone groups is 1. The SMILES string of the molecule is CCS(=O)(=O)CCNC(=NCCOC)NN. The first-order valence-electron chi connectivity index (χ1n) is 5.00. The molecule has 0 heterocycles. The molecule has 0 aliphatic rings. The molecule has 0 atom stereocenters. The van der Waals surface area contributed by atoms with Crippen molar-refractivity contribution in [2.45, 2.75) is 6.92 Å². The van der Waals surface area contributed by atoms with E-state index in [9.17, 15) is 8.42 Å². The number of rotatable bonds is 7. The Labute approximate surface area is 96.3 Å². The third-order valence-corrected chi connectivity index (χ3v) is 3.55. The fraction of sp³-hybridized carbons (Fsp3) is 0.875. The van der Waals surface area contributed by atoms with E-state index in [1.807, 2.05) is 0 Å². The lowest BCUT2D eigenvalue weighted by Crippen LogP contribution is -2.43. The summed E-state index contributed by atoms with van der Waals surface area (Å²) in [5, 5.41) is 2.80. The summed E-state index contributed by atoms with van der Waals surface area (Å²) < 4.78 is 27.2. The number of aliphatic imine (C=N–C) groups is 1. The Hall–Kier alpha value is -0.860. The average molecular weight is 252 g/mol. The van der Waals surface area contributed by atoms with Crippen LogP contribution >= 0.6 is 0 Å². The van der Waals surface area contributed by atoms with Crippen molar-refractivity contribution in [2.24, 2.45) is 10.8 Å². The number of hydrogen-bond donors (Lipinski definition) is 3. The molecule has 0 aromatic heterocycles. The van der Waals surface area contributed by atoms with E-state index in [-0.39, 0.29) is 18.1 Å². The predicted octanol–water partition coefficient (Wildman–Crippen LogP) is -1.52. The Morgan fingerprint density at radius 2 is 2.19 bits per heavy atom. The Balaban J connectivity index is 3.92. The van der Waals surface area contributed by atoms with Crippen molar-refractivity contribution in [3.05, 3.63) is 0 Å². The molecule has 0 amide bonds. The second kappa shape index (κ2) is 8.31. The lowest BCUT2D eigenvalue weighted by atomic mass is 10.7. The van der Waals surface area contributed by atoms with E-state index in [1.165, 1.54) is 0 Å². The number of nitrogens with one attached hydrogen (secondary N) is 2. The molecule has 0 saturated carbocycles. The first-order chi connectivity index (χ1) is 7.55. The van der Waals surface area contributed by atoms with Crippen LogP contribution in [0.3, 0.4) is 0 Å². The molecule has 0 radical (unpaired) electrons. The summed E-state index contributed by atoms with van der Waals surface area (Å²) in [6.07, 6.45) is 0. The van der Waals surface area contributed by atoms with E-state index in [1.54, 1.807) is 14.0 Å². The molecular formula is C8H20N4O3S. The summed E-state index contributed by atoms with van der Waals surface area (Å²) in [4.78, 5) is 4.03. The van der Waals surface area contributed by atoms with Gasteiger partial charge in [0.25, 0.3) is 0 Å². The van der Waals surface area contributed by atoms with E-state index < -0.39 is 9.84 Å². The second-order valence-electron chi connectivity index (χ2n) is 3.03. The molecule has 0 rings (SSSR count). The summed E-state index contributed by atoms with van der Waals surface area (Å²) in [5.74, 6) is 5.77. The number of ether oxygens (including phenoxy) is 1. The van der Waals surface area contributed by atoms with Crippen LogP contribution in [0.15, 0.2) is 4.99 Å². The number of nitrogens with zero attached hydrogens (tertiary/aromatic N) is 1. The Morgan fingerprint density at radius 3 is 2.69 bits per heavy atom. The Bertz CT molecular complexity index is 302. The van der Waals surface area contributed by atoms with Crippen molar-refractivity contribution in [2.75, 3.05) is 38.3 Å². The number of hydrazine groups is 1. The topological polar surface area (TPSA) is 106 Å². The van der Waals surface area contributed by atoms with Crippen molar-refractivity contribution in [3.8, 4) is 0 Å². The van der Waals surface area contributed by atoms with Crippen LogP contribution in [0.1, 0.15) is 6.92 Å². The Morgan fingerprint density at radius 1 is 1.50 bits per heavy atom. The normalized spacial score (nSPS) is 12.6. The standard InChI is InChI=1S/C8H20N4O3S/c1-3-16(13,14)7-5-11-8(12-9)10-4-6-15-2/h3-7,9H2,1-2H3,(H2,10,11,12). The molecule has 0 aromatic carbocycles. The van der Waals surface area contributed by atoms with Crippen LogP contribution in [0.5, 0.6) is 0 Å². The zero-order valence-electron chi connectivity index (χ0n) is 9.69. The van der Waals surface area contributed by atoms with Gasteiger partial charge in [0.05, 0.1) is 18.9 Å². The average Bonchev–Trinajstić information content (AvgIpc) is 2.27. The molecule has 7 nitrogen and oxygen atoms in total. The van der Waals surface area contributed by atoms with E-state index in [0.717, 1.165) is 0 Å². The van der Waals surface area contributed by atoms with Crippen molar-refractivity contribution in [3.63, 3.8) is 0 Å². The van der Waals surface area contributed by atoms with Gasteiger partial charge in [0.2, 0.25) is 5.96 Å². The molecule has 0 fully saturated rings. The van der Waals surface area contributed by atoms with Crippen molar-refractivity contribution >= 4 is 15.8 Å². The predicted molar refractivity (Wildman–Crippen MR) is 63.8 cm³/mol. The summed E-state index contributed by atoms with van der Waals surface area (Å²) in [6, 6.07) is 0. The summed E-state index contributed by atoms with van der Waals surface area (Å²) in [7, 11) is -1.38. The maximum Gasteiger partial charge on any atom is 0.205 e. The lowest BCUT2D eigenvalue weighted by Gasteiger charge is -2.08. The fourth-order valence-corrected chi connectivity index (χ4v) is 1.57. The summed E-state index contributed by atoms with van der Waals surface area (Å²) in [5.41, 5.74) is 2.35. The number of methoxy groups -OCH3 is 1. The molecule has 0 aliphatic heterocycles. The number of nitrogens with two attached hydrogens (primary N) is 1.